The molecule has 1 saturated heterocycles. The maximum absolute atomic E-state index is 12.6. The lowest BCUT2D eigenvalue weighted by atomic mass is 9.94. The fourth-order valence-corrected chi connectivity index (χ4v) is 3.62. The number of rotatable bonds is 7. The first kappa shape index (κ1) is 19.3. The van der Waals surface area contributed by atoms with E-state index in [1.807, 2.05) is 13.8 Å². The maximum atomic E-state index is 12.6. The molecule has 2 amide bonds. The van der Waals surface area contributed by atoms with Gasteiger partial charge in [-0.05, 0) is 31.7 Å². The molecule has 2 rings (SSSR count). The summed E-state index contributed by atoms with van der Waals surface area (Å²) in [4.78, 5) is 37.2. The molecule has 2 heterocycles. The number of hydrogen-bond acceptors (Lipinski definition) is 6. The van der Waals surface area contributed by atoms with Crippen LogP contribution in [0.25, 0.3) is 0 Å². The van der Waals surface area contributed by atoms with Crippen molar-refractivity contribution in [2.75, 3.05) is 13.1 Å². The van der Waals surface area contributed by atoms with E-state index >= 15 is 0 Å². The summed E-state index contributed by atoms with van der Waals surface area (Å²) in [6.07, 6.45) is 2.80. The van der Waals surface area contributed by atoms with Gasteiger partial charge in [0.15, 0.2) is 0 Å². The number of likely N-dealkylation sites (tertiary alicyclic amines) is 1. The normalized spacial score (nSPS) is 17.6. The van der Waals surface area contributed by atoms with Crippen molar-refractivity contribution in [3.63, 3.8) is 0 Å². The minimum absolute atomic E-state index is 0.0812. The summed E-state index contributed by atoms with van der Waals surface area (Å²) in [5.41, 5.74) is 5.76. The Bertz CT molecular complexity index is 656. The van der Waals surface area contributed by atoms with Crippen molar-refractivity contribution in [1.82, 2.24) is 10.2 Å². The van der Waals surface area contributed by atoms with Crippen LogP contribution in [0.2, 0.25) is 0 Å². The van der Waals surface area contributed by atoms with Crippen LogP contribution in [0.1, 0.15) is 49.2 Å². The molecule has 1 aliphatic rings. The highest BCUT2D eigenvalue weighted by Crippen LogP contribution is 2.28. The summed E-state index contributed by atoms with van der Waals surface area (Å²) >= 11 is 0.833. The van der Waals surface area contributed by atoms with E-state index in [0.29, 0.717) is 19.5 Å². The zero-order valence-electron chi connectivity index (χ0n) is 14.5. The van der Waals surface area contributed by atoms with Crippen LogP contribution in [0.4, 0.5) is 5.00 Å². The Kier molecular flexibility index (Phi) is 6.12. The highest BCUT2D eigenvalue weighted by atomic mass is 32.1. The smallest absolute Gasteiger partial charge is 0.324 e. The van der Waals surface area contributed by atoms with Gasteiger partial charge in [0, 0.05) is 24.7 Å². The van der Waals surface area contributed by atoms with Crippen molar-refractivity contribution in [2.24, 2.45) is 5.73 Å². The van der Waals surface area contributed by atoms with Crippen LogP contribution < -0.4 is 11.1 Å². The van der Waals surface area contributed by atoms with Crippen molar-refractivity contribution in [1.29, 1.82) is 0 Å². The van der Waals surface area contributed by atoms with E-state index in [4.69, 9.17) is 5.73 Å². The van der Waals surface area contributed by atoms with Crippen LogP contribution in [0.15, 0.2) is 12.1 Å². The summed E-state index contributed by atoms with van der Waals surface area (Å²) in [5, 5.41) is 13.6. The van der Waals surface area contributed by atoms with E-state index in [0.717, 1.165) is 30.6 Å². The molecular formula is C16H24N4O4S. The van der Waals surface area contributed by atoms with Crippen LogP contribution in [0.3, 0.4) is 0 Å². The van der Waals surface area contributed by atoms with Gasteiger partial charge >= 0.3 is 5.00 Å². The van der Waals surface area contributed by atoms with Crippen molar-refractivity contribution in [3.8, 4) is 0 Å². The summed E-state index contributed by atoms with van der Waals surface area (Å²) in [7, 11) is 0. The molecule has 9 heteroatoms. The minimum Gasteiger partial charge on any atom is -0.352 e. The highest BCUT2D eigenvalue weighted by molar-refractivity contribution is 7.17. The Morgan fingerprint density at radius 3 is 2.68 bits per heavy atom. The third kappa shape index (κ3) is 4.35. The monoisotopic (exact) mass is 368 g/mol. The quantitative estimate of drug-likeness (QED) is 0.563. The van der Waals surface area contributed by atoms with E-state index in [1.165, 1.54) is 17.0 Å². The second-order valence-electron chi connectivity index (χ2n) is 6.34. The Balaban J connectivity index is 2.04. The van der Waals surface area contributed by atoms with Crippen LogP contribution >= 0.6 is 11.3 Å². The second kappa shape index (κ2) is 7.92. The first-order valence-corrected chi connectivity index (χ1v) is 9.24. The van der Waals surface area contributed by atoms with E-state index in [-0.39, 0.29) is 21.7 Å². The molecule has 25 heavy (non-hydrogen) atoms. The number of nitrogens with two attached hydrogens (primary N) is 1. The first-order chi connectivity index (χ1) is 11.8. The van der Waals surface area contributed by atoms with Crippen LogP contribution in [-0.2, 0) is 4.79 Å². The molecule has 1 aromatic heterocycles. The largest absolute Gasteiger partial charge is 0.352 e. The predicted octanol–water partition coefficient (Wildman–Crippen LogP) is 1.89. The van der Waals surface area contributed by atoms with Gasteiger partial charge in [-0.15, -0.1) is 0 Å². The molecule has 8 nitrogen and oxygen atoms in total. The Morgan fingerprint density at radius 1 is 1.44 bits per heavy atom. The van der Waals surface area contributed by atoms with Crippen LogP contribution in [-0.4, -0.2) is 46.3 Å². The van der Waals surface area contributed by atoms with E-state index in [1.54, 1.807) is 0 Å². The van der Waals surface area contributed by atoms with E-state index in [2.05, 4.69) is 5.32 Å². The number of nitro groups is 1. The Labute approximate surface area is 150 Å². The Morgan fingerprint density at radius 2 is 2.12 bits per heavy atom. The highest BCUT2D eigenvalue weighted by Gasteiger charge is 2.36. The second-order valence-corrected chi connectivity index (χ2v) is 7.40. The van der Waals surface area contributed by atoms with Crippen molar-refractivity contribution >= 4 is 28.2 Å². The SMILES string of the molecule is CCC(N)(CC)CNC(=O)C1CCCN1C(=O)c1ccc([N+](=O)[O-])s1. The summed E-state index contributed by atoms with van der Waals surface area (Å²) in [6, 6.07) is 2.21. The number of carbonyl (C=O) groups is 2. The molecule has 0 radical (unpaired) electrons. The molecular weight excluding hydrogens is 344 g/mol. The van der Waals surface area contributed by atoms with Gasteiger partial charge < -0.3 is 16.0 Å². The summed E-state index contributed by atoms with van der Waals surface area (Å²) in [5.74, 6) is -0.547. The molecule has 0 saturated carbocycles. The van der Waals surface area contributed by atoms with Gasteiger partial charge in [0.25, 0.3) is 5.91 Å². The number of nitrogens with one attached hydrogen (secondary N) is 1. The number of nitrogens with zero attached hydrogens (tertiary/aromatic N) is 2. The average molecular weight is 368 g/mol. The molecule has 0 spiro atoms. The lowest BCUT2D eigenvalue weighted by Crippen LogP contribution is -2.53. The molecule has 138 valence electrons. The predicted molar refractivity (Wildman–Crippen MR) is 95.5 cm³/mol. The molecule has 0 aromatic carbocycles. The van der Waals surface area contributed by atoms with Gasteiger partial charge in [-0.3, -0.25) is 19.7 Å². The fraction of sp³-hybridized carbons (Fsp3) is 0.625. The van der Waals surface area contributed by atoms with Crippen molar-refractivity contribution < 1.29 is 14.5 Å². The first-order valence-electron chi connectivity index (χ1n) is 8.43. The third-order valence-corrected chi connectivity index (χ3v) is 5.85. The topological polar surface area (TPSA) is 119 Å². The lowest BCUT2D eigenvalue weighted by Gasteiger charge is -2.29. The molecule has 1 unspecified atom stereocenters. The molecule has 1 atom stereocenters. The summed E-state index contributed by atoms with van der Waals surface area (Å²) < 4.78 is 0. The zero-order valence-corrected chi connectivity index (χ0v) is 15.3. The van der Waals surface area contributed by atoms with E-state index in [9.17, 15) is 19.7 Å². The van der Waals surface area contributed by atoms with Gasteiger partial charge in [-0.1, -0.05) is 25.2 Å². The molecule has 0 aliphatic carbocycles. The van der Waals surface area contributed by atoms with E-state index < -0.39 is 16.5 Å². The summed E-state index contributed by atoms with van der Waals surface area (Å²) in [6.45, 7) is 4.79. The fourth-order valence-electron chi connectivity index (χ4n) is 2.85. The zero-order chi connectivity index (χ0) is 18.6. The molecule has 3 N–H and O–H groups in total. The van der Waals surface area contributed by atoms with Gasteiger partial charge in [0.05, 0.1) is 9.80 Å². The molecule has 1 fully saturated rings. The molecule has 1 aliphatic heterocycles. The van der Waals surface area contributed by atoms with Gasteiger partial charge in [-0.25, -0.2) is 0 Å². The van der Waals surface area contributed by atoms with Crippen LogP contribution in [0, 0.1) is 10.1 Å². The Hall–Kier alpha value is -2.00. The molecule has 1 aromatic rings. The lowest BCUT2D eigenvalue weighted by molar-refractivity contribution is -0.380. The van der Waals surface area contributed by atoms with Crippen molar-refractivity contribution in [2.45, 2.75) is 51.1 Å². The number of amides is 2. The maximum Gasteiger partial charge on any atom is 0.324 e. The average Bonchev–Trinajstić information content (AvgIpc) is 3.28. The van der Waals surface area contributed by atoms with Crippen molar-refractivity contribution in [3.05, 3.63) is 27.1 Å². The number of carbonyl (C=O) groups excluding carboxylic acids is 2. The minimum atomic E-state index is -0.549. The standard InChI is InChI=1S/C16H24N4O4S/c1-3-16(17,4-2)10-18-14(21)11-6-5-9-19(11)15(22)12-7-8-13(25-12)20(23)24/h7-8,11H,3-6,9-10,17H2,1-2H3,(H,18,21). The van der Waals surface area contributed by atoms with Gasteiger partial charge in [0.1, 0.15) is 6.04 Å². The van der Waals surface area contributed by atoms with Gasteiger partial charge in [0.2, 0.25) is 5.91 Å². The molecule has 0 bridgehead atoms. The number of hydrogen-bond donors (Lipinski definition) is 2. The van der Waals surface area contributed by atoms with Crippen LogP contribution in [0.5, 0.6) is 0 Å². The van der Waals surface area contributed by atoms with Gasteiger partial charge in [-0.2, -0.15) is 0 Å². The third-order valence-electron chi connectivity index (χ3n) is 4.82. The number of thiophene rings is 1.